The molecule has 0 aromatic carbocycles. The summed E-state index contributed by atoms with van der Waals surface area (Å²) < 4.78 is 0. The Morgan fingerprint density at radius 2 is 2.00 bits per heavy atom. The summed E-state index contributed by atoms with van der Waals surface area (Å²) in [6, 6.07) is 3.70. The molecule has 86 valence electrons. The summed E-state index contributed by atoms with van der Waals surface area (Å²) in [6.45, 7) is 2.41. The number of thiophene rings is 1. The van der Waals surface area contributed by atoms with Crippen LogP contribution in [0.25, 0.3) is 0 Å². The molecule has 5 nitrogen and oxygen atoms in total. The quantitative estimate of drug-likeness (QED) is 0.793. The molecular weight excluding hydrogens is 228 g/mol. The number of carboxylic acid groups (broad SMARTS) is 1. The van der Waals surface area contributed by atoms with Crippen molar-refractivity contribution in [2.75, 3.05) is 31.1 Å². The van der Waals surface area contributed by atoms with Crippen molar-refractivity contribution in [3.8, 4) is 0 Å². The maximum atomic E-state index is 10.7. The van der Waals surface area contributed by atoms with Crippen LogP contribution in [-0.4, -0.2) is 48.6 Å². The van der Waals surface area contributed by atoms with E-state index in [-0.39, 0.29) is 0 Å². The van der Waals surface area contributed by atoms with Gasteiger partial charge in [0.2, 0.25) is 0 Å². The van der Waals surface area contributed by atoms with Crippen LogP contribution >= 0.6 is 11.3 Å². The molecule has 0 spiro atoms. The number of carbonyl (C=O) groups excluding carboxylic acids is 1. The molecule has 0 saturated carbocycles. The van der Waals surface area contributed by atoms with Crippen LogP contribution in [0.4, 0.5) is 9.80 Å². The van der Waals surface area contributed by atoms with Crippen LogP contribution in [0.1, 0.15) is 9.67 Å². The van der Waals surface area contributed by atoms with Gasteiger partial charge in [-0.05, 0) is 12.1 Å². The third-order valence-electron chi connectivity index (χ3n) is 2.59. The Labute approximate surface area is 96.9 Å². The zero-order valence-electron chi connectivity index (χ0n) is 8.63. The average molecular weight is 240 g/mol. The number of nitrogens with zero attached hydrogens (tertiary/aromatic N) is 2. The van der Waals surface area contributed by atoms with Crippen molar-refractivity contribution in [1.82, 2.24) is 4.90 Å². The fourth-order valence-electron chi connectivity index (χ4n) is 1.69. The Bertz CT molecular complexity index is 397. The van der Waals surface area contributed by atoms with Crippen molar-refractivity contribution in [2.24, 2.45) is 0 Å². The highest BCUT2D eigenvalue weighted by Crippen LogP contribution is 2.25. The smallest absolute Gasteiger partial charge is 0.407 e. The maximum Gasteiger partial charge on any atom is 0.407 e. The average Bonchev–Trinajstić information content (AvgIpc) is 2.77. The fraction of sp³-hybridized carbons (Fsp3) is 0.400. The molecule has 0 bridgehead atoms. The lowest BCUT2D eigenvalue weighted by molar-refractivity contribution is 0.112. The van der Waals surface area contributed by atoms with Gasteiger partial charge in [0.1, 0.15) is 0 Å². The summed E-state index contributed by atoms with van der Waals surface area (Å²) >= 11 is 1.44. The number of hydrogen-bond acceptors (Lipinski definition) is 4. The van der Waals surface area contributed by atoms with Gasteiger partial charge in [-0.15, -0.1) is 11.3 Å². The lowest BCUT2D eigenvalue weighted by atomic mass is 10.3. The first kappa shape index (κ1) is 10.9. The van der Waals surface area contributed by atoms with E-state index in [9.17, 15) is 9.59 Å². The normalized spacial score (nSPS) is 16.2. The van der Waals surface area contributed by atoms with Crippen molar-refractivity contribution in [2.45, 2.75) is 0 Å². The molecule has 1 aliphatic rings. The molecule has 0 aliphatic carbocycles. The minimum Gasteiger partial charge on any atom is -0.465 e. The summed E-state index contributed by atoms with van der Waals surface area (Å²) in [7, 11) is 0. The van der Waals surface area contributed by atoms with Gasteiger partial charge >= 0.3 is 6.09 Å². The third kappa shape index (κ3) is 2.16. The van der Waals surface area contributed by atoms with Crippen LogP contribution in [0.15, 0.2) is 12.1 Å². The third-order valence-corrected chi connectivity index (χ3v) is 3.66. The van der Waals surface area contributed by atoms with Crippen LogP contribution in [-0.2, 0) is 0 Å². The van der Waals surface area contributed by atoms with E-state index in [0.717, 1.165) is 11.3 Å². The Hall–Kier alpha value is -1.56. The van der Waals surface area contributed by atoms with Crippen molar-refractivity contribution in [1.29, 1.82) is 0 Å². The van der Waals surface area contributed by atoms with E-state index in [1.54, 1.807) is 6.07 Å². The SMILES string of the molecule is O=Cc1ccc(N2CCN(C(=O)O)CC2)s1. The predicted molar refractivity (Wildman–Crippen MR) is 61.5 cm³/mol. The van der Waals surface area contributed by atoms with E-state index >= 15 is 0 Å². The van der Waals surface area contributed by atoms with E-state index in [4.69, 9.17) is 5.11 Å². The zero-order valence-corrected chi connectivity index (χ0v) is 9.44. The largest absolute Gasteiger partial charge is 0.465 e. The molecule has 6 heteroatoms. The minimum absolute atomic E-state index is 0.518. The Balaban J connectivity index is 1.98. The van der Waals surface area contributed by atoms with Gasteiger partial charge < -0.3 is 14.9 Å². The van der Waals surface area contributed by atoms with Gasteiger partial charge in [-0.2, -0.15) is 0 Å². The predicted octanol–water partition coefficient (Wildman–Crippen LogP) is 1.36. The number of rotatable bonds is 2. The van der Waals surface area contributed by atoms with Crippen molar-refractivity contribution < 1.29 is 14.7 Å². The van der Waals surface area contributed by atoms with Crippen molar-refractivity contribution >= 4 is 28.7 Å². The first-order valence-electron chi connectivity index (χ1n) is 4.98. The second-order valence-corrected chi connectivity index (χ2v) is 4.64. The van der Waals surface area contributed by atoms with Gasteiger partial charge in [-0.25, -0.2) is 4.79 Å². The van der Waals surface area contributed by atoms with Crippen molar-refractivity contribution in [3.63, 3.8) is 0 Å². The van der Waals surface area contributed by atoms with E-state index in [0.29, 0.717) is 31.1 Å². The maximum absolute atomic E-state index is 10.7. The van der Waals surface area contributed by atoms with Crippen LogP contribution in [0, 0.1) is 0 Å². The monoisotopic (exact) mass is 240 g/mol. The van der Waals surface area contributed by atoms with Gasteiger partial charge in [0.15, 0.2) is 6.29 Å². The molecule has 1 fully saturated rings. The molecule has 2 rings (SSSR count). The van der Waals surface area contributed by atoms with Gasteiger partial charge in [0.25, 0.3) is 0 Å². The minimum atomic E-state index is -0.862. The first-order chi connectivity index (χ1) is 7.70. The number of anilines is 1. The molecule has 1 aliphatic heterocycles. The number of aldehydes is 1. The standard InChI is InChI=1S/C10H12N2O3S/c13-7-8-1-2-9(16-8)11-3-5-12(6-4-11)10(14)15/h1-2,7H,3-6H2,(H,14,15). The first-order valence-corrected chi connectivity index (χ1v) is 5.80. The van der Waals surface area contributed by atoms with Gasteiger partial charge in [-0.1, -0.05) is 0 Å². The molecule has 16 heavy (non-hydrogen) atoms. The second-order valence-electron chi connectivity index (χ2n) is 3.55. The van der Waals surface area contributed by atoms with E-state index in [2.05, 4.69) is 4.90 Å². The zero-order chi connectivity index (χ0) is 11.5. The van der Waals surface area contributed by atoms with Gasteiger partial charge in [0.05, 0.1) is 9.88 Å². The summed E-state index contributed by atoms with van der Waals surface area (Å²) in [5.41, 5.74) is 0. The van der Waals surface area contributed by atoms with Crippen molar-refractivity contribution in [3.05, 3.63) is 17.0 Å². The molecule has 1 N–H and O–H groups in total. The molecule has 0 unspecified atom stereocenters. The molecule has 1 aromatic heterocycles. The second kappa shape index (κ2) is 4.52. The lowest BCUT2D eigenvalue weighted by Crippen LogP contribution is -2.48. The molecule has 1 amide bonds. The van der Waals surface area contributed by atoms with Gasteiger partial charge in [-0.3, -0.25) is 4.79 Å². The number of piperazine rings is 1. The lowest BCUT2D eigenvalue weighted by Gasteiger charge is -2.33. The van der Waals surface area contributed by atoms with E-state index < -0.39 is 6.09 Å². The molecule has 1 saturated heterocycles. The number of amides is 1. The number of hydrogen-bond donors (Lipinski definition) is 1. The highest BCUT2D eigenvalue weighted by Gasteiger charge is 2.21. The topological polar surface area (TPSA) is 60.9 Å². The molecular formula is C10H12N2O3S. The van der Waals surface area contributed by atoms with Crippen LogP contribution in [0.3, 0.4) is 0 Å². The highest BCUT2D eigenvalue weighted by molar-refractivity contribution is 7.17. The summed E-state index contributed by atoms with van der Waals surface area (Å²) in [4.78, 5) is 25.5. The van der Waals surface area contributed by atoms with Crippen LogP contribution in [0.2, 0.25) is 0 Å². The Morgan fingerprint density at radius 1 is 1.31 bits per heavy atom. The Kier molecular flexibility index (Phi) is 3.09. The fourth-order valence-corrected chi connectivity index (χ4v) is 2.57. The summed E-state index contributed by atoms with van der Waals surface area (Å²) in [6.07, 6.45) is -0.0267. The summed E-state index contributed by atoms with van der Waals surface area (Å²) in [5.74, 6) is 0. The van der Waals surface area contributed by atoms with E-state index in [1.807, 2.05) is 6.07 Å². The van der Waals surface area contributed by atoms with Gasteiger partial charge in [0, 0.05) is 26.2 Å². The molecule has 1 aromatic rings. The molecule has 0 radical (unpaired) electrons. The highest BCUT2D eigenvalue weighted by atomic mass is 32.1. The Morgan fingerprint density at radius 3 is 2.50 bits per heavy atom. The molecule has 0 atom stereocenters. The molecule has 2 heterocycles. The van der Waals surface area contributed by atoms with Crippen LogP contribution in [0.5, 0.6) is 0 Å². The summed E-state index contributed by atoms with van der Waals surface area (Å²) in [5, 5.41) is 9.84. The van der Waals surface area contributed by atoms with E-state index in [1.165, 1.54) is 16.2 Å². The number of carbonyl (C=O) groups is 2. The van der Waals surface area contributed by atoms with Crippen LogP contribution < -0.4 is 4.90 Å².